The zero-order valence-corrected chi connectivity index (χ0v) is 12.3. The number of halogens is 1. The molecule has 6 heteroatoms. The van der Waals surface area contributed by atoms with Crippen LogP contribution in [0.3, 0.4) is 0 Å². The fraction of sp³-hybridized carbons (Fsp3) is 0.667. The Hall–Kier alpha value is -0.880. The molecule has 1 aromatic heterocycles. The third-order valence-corrected chi connectivity index (χ3v) is 3.94. The summed E-state index contributed by atoms with van der Waals surface area (Å²) in [6, 6.07) is 0.427. The van der Waals surface area contributed by atoms with Gasteiger partial charge in [0, 0.05) is 19.7 Å². The van der Waals surface area contributed by atoms with Crippen molar-refractivity contribution in [2.24, 2.45) is 0 Å². The van der Waals surface area contributed by atoms with Gasteiger partial charge in [-0.2, -0.15) is 0 Å². The van der Waals surface area contributed by atoms with Gasteiger partial charge in [-0.25, -0.2) is 9.97 Å². The van der Waals surface area contributed by atoms with Crippen LogP contribution in [-0.4, -0.2) is 35.8 Å². The molecule has 0 amide bonds. The van der Waals surface area contributed by atoms with Crippen molar-refractivity contribution in [2.45, 2.75) is 38.3 Å². The summed E-state index contributed by atoms with van der Waals surface area (Å²) in [7, 11) is 1.77. The van der Waals surface area contributed by atoms with Crippen LogP contribution < -0.4 is 10.6 Å². The second-order valence-electron chi connectivity index (χ2n) is 4.43. The first-order chi connectivity index (χ1) is 8.74. The third kappa shape index (κ3) is 3.11. The molecule has 2 rings (SSSR count). The molecule has 1 aliphatic carbocycles. The van der Waals surface area contributed by atoms with Crippen molar-refractivity contribution >= 4 is 27.6 Å². The fourth-order valence-electron chi connectivity index (χ4n) is 2.24. The maximum absolute atomic E-state index is 5.37. The predicted octanol–water partition coefficient (Wildman–Crippen LogP) is 2.65. The highest BCUT2D eigenvalue weighted by molar-refractivity contribution is 9.10. The van der Waals surface area contributed by atoms with Crippen molar-refractivity contribution in [3.8, 4) is 0 Å². The first-order valence-corrected chi connectivity index (χ1v) is 7.07. The first kappa shape index (κ1) is 13.5. The second-order valence-corrected chi connectivity index (χ2v) is 5.22. The molecule has 0 aliphatic heterocycles. The van der Waals surface area contributed by atoms with Crippen LogP contribution in [0.5, 0.6) is 0 Å². The molecule has 5 nitrogen and oxygen atoms in total. The van der Waals surface area contributed by atoms with Crippen molar-refractivity contribution in [2.75, 3.05) is 24.3 Å². The number of hydrogen-bond acceptors (Lipinski definition) is 5. The van der Waals surface area contributed by atoms with E-state index in [-0.39, 0.29) is 0 Å². The summed E-state index contributed by atoms with van der Waals surface area (Å²) in [4.78, 5) is 8.49. The Morgan fingerprint density at radius 3 is 2.83 bits per heavy atom. The molecule has 1 aliphatic rings. The van der Waals surface area contributed by atoms with E-state index < -0.39 is 0 Å². The maximum atomic E-state index is 5.37. The Morgan fingerprint density at radius 2 is 2.17 bits per heavy atom. The molecule has 0 spiro atoms. The van der Waals surface area contributed by atoms with Gasteiger partial charge in [0.05, 0.1) is 6.10 Å². The van der Waals surface area contributed by atoms with Crippen molar-refractivity contribution in [1.82, 2.24) is 9.97 Å². The Morgan fingerprint density at radius 1 is 1.39 bits per heavy atom. The monoisotopic (exact) mass is 314 g/mol. The van der Waals surface area contributed by atoms with Crippen LogP contribution in [0, 0.1) is 0 Å². The van der Waals surface area contributed by atoms with E-state index in [1.807, 2.05) is 6.92 Å². The summed E-state index contributed by atoms with van der Waals surface area (Å²) in [5.74, 6) is 1.68. The number of rotatable bonds is 5. The molecule has 2 unspecified atom stereocenters. The Labute approximate surface area is 116 Å². The van der Waals surface area contributed by atoms with Gasteiger partial charge in [0.1, 0.15) is 22.4 Å². The van der Waals surface area contributed by atoms with Crippen molar-refractivity contribution in [3.05, 3.63) is 10.8 Å². The summed E-state index contributed by atoms with van der Waals surface area (Å²) >= 11 is 3.54. The minimum Gasteiger partial charge on any atom is -0.381 e. The minimum atomic E-state index is 0.372. The van der Waals surface area contributed by atoms with E-state index in [1.54, 1.807) is 13.4 Å². The summed E-state index contributed by atoms with van der Waals surface area (Å²) in [6.45, 7) is 2.88. The highest BCUT2D eigenvalue weighted by Crippen LogP contribution is 2.30. The van der Waals surface area contributed by atoms with Gasteiger partial charge in [0.15, 0.2) is 0 Å². The van der Waals surface area contributed by atoms with E-state index in [0.29, 0.717) is 12.1 Å². The molecule has 2 N–H and O–H groups in total. The summed E-state index contributed by atoms with van der Waals surface area (Å²) in [6.07, 6.45) is 5.20. The molecule has 100 valence electrons. The number of ether oxygens (including phenoxy) is 1. The standard InChI is InChI=1S/C12H19BrN4O/c1-3-14-11-10(13)12(16-7-15-11)17-8-4-5-9(6-8)18-2/h7-9H,3-6H2,1-2H3,(H2,14,15,16,17). The average molecular weight is 315 g/mol. The fourth-order valence-corrected chi connectivity index (χ4v) is 2.70. The van der Waals surface area contributed by atoms with Crippen LogP contribution in [0.2, 0.25) is 0 Å². The van der Waals surface area contributed by atoms with Gasteiger partial charge in [-0.3, -0.25) is 0 Å². The maximum Gasteiger partial charge on any atom is 0.146 e. The molecule has 18 heavy (non-hydrogen) atoms. The van der Waals surface area contributed by atoms with Crippen LogP contribution in [-0.2, 0) is 4.74 Å². The van der Waals surface area contributed by atoms with Gasteiger partial charge in [-0.15, -0.1) is 0 Å². The topological polar surface area (TPSA) is 59.1 Å². The molecule has 0 saturated heterocycles. The number of nitrogens with one attached hydrogen (secondary N) is 2. The molecular formula is C12H19BrN4O. The number of methoxy groups -OCH3 is 1. The third-order valence-electron chi connectivity index (χ3n) is 3.19. The van der Waals surface area contributed by atoms with E-state index >= 15 is 0 Å². The quantitative estimate of drug-likeness (QED) is 0.875. The zero-order chi connectivity index (χ0) is 13.0. The molecule has 0 radical (unpaired) electrons. The highest BCUT2D eigenvalue weighted by atomic mass is 79.9. The molecule has 0 bridgehead atoms. The number of nitrogens with zero attached hydrogens (tertiary/aromatic N) is 2. The molecule has 1 fully saturated rings. The summed E-state index contributed by atoms with van der Waals surface area (Å²) in [5, 5.41) is 6.65. The molecule has 1 saturated carbocycles. The Bertz CT molecular complexity index is 402. The summed E-state index contributed by atoms with van der Waals surface area (Å²) in [5.41, 5.74) is 0. The van der Waals surface area contributed by atoms with Gasteiger partial charge in [-0.05, 0) is 42.1 Å². The van der Waals surface area contributed by atoms with Crippen LogP contribution in [0.25, 0.3) is 0 Å². The van der Waals surface area contributed by atoms with E-state index in [9.17, 15) is 0 Å². The average Bonchev–Trinajstić information content (AvgIpc) is 2.82. The lowest BCUT2D eigenvalue weighted by molar-refractivity contribution is 0.108. The molecule has 2 atom stereocenters. The van der Waals surface area contributed by atoms with Gasteiger partial charge in [0.25, 0.3) is 0 Å². The zero-order valence-electron chi connectivity index (χ0n) is 10.7. The molecule has 1 heterocycles. The van der Waals surface area contributed by atoms with Crippen LogP contribution in [0.4, 0.5) is 11.6 Å². The molecule has 0 aromatic carbocycles. The Balaban J connectivity index is 2.03. The second kappa shape index (κ2) is 6.33. The lowest BCUT2D eigenvalue weighted by atomic mass is 10.2. The van der Waals surface area contributed by atoms with Crippen molar-refractivity contribution < 1.29 is 4.74 Å². The smallest absolute Gasteiger partial charge is 0.146 e. The number of aromatic nitrogens is 2. The first-order valence-electron chi connectivity index (χ1n) is 6.28. The largest absolute Gasteiger partial charge is 0.381 e. The minimum absolute atomic E-state index is 0.372. The summed E-state index contributed by atoms with van der Waals surface area (Å²) < 4.78 is 6.27. The van der Waals surface area contributed by atoms with Gasteiger partial charge in [-0.1, -0.05) is 0 Å². The normalized spacial score (nSPS) is 23.1. The molecular weight excluding hydrogens is 296 g/mol. The SMILES string of the molecule is CCNc1ncnc(NC2CCC(OC)C2)c1Br. The number of anilines is 2. The number of hydrogen-bond donors (Lipinski definition) is 2. The van der Waals surface area contributed by atoms with E-state index in [1.165, 1.54) is 0 Å². The van der Waals surface area contributed by atoms with Crippen molar-refractivity contribution in [1.29, 1.82) is 0 Å². The van der Waals surface area contributed by atoms with Gasteiger partial charge >= 0.3 is 0 Å². The van der Waals surface area contributed by atoms with Crippen LogP contribution in [0.1, 0.15) is 26.2 Å². The van der Waals surface area contributed by atoms with Gasteiger partial charge < -0.3 is 15.4 Å². The lowest BCUT2D eigenvalue weighted by Gasteiger charge is -2.16. The van der Waals surface area contributed by atoms with Crippen LogP contribution >= 0.6 is 15.9 Å². The van der Waals surface area contributed by atoms with E-state index in [4.69, 9.17) is 4.74 Å². The predicted molar refractivity (Wildman–Crippen MR) is 76.0 cm³/mol. The van der Waals surface area contributed by atoms with E-state index in [0.717, 1.165) is 41.9 Å². The van der Waals surface area contributed by atoms with E-state index in [2.05, 4.69) is 36.5 Å². The van der Waals surface area contributed by atoms with Crippen LogP contribution in [0.15, 0.2) is 10.8 Å². The van der Waals surface area contributed by atoms with Gasteiger partial charge in [0.2, 0.25) is 0 Å². The highest BCUT2D eigenvalue weighted by Gasteiger charge is 2.25. The molecule has 1 aromatic rings. The lowest BCUT2D eigenvalue weighted by Crippen LogP contribution is -2.19. The Kier molecular flexibility index (Phi) is 4.77. The van der Waals surface area contributed by atoms with Crippen molar-refractivity contribution in [3.63, 3.8) is 0 Å².